The van der Waals surface area contributed by atoms with Crippen LogP contribution >= 0.6 is 0 Å². The van der Waals surface area contributed by atoms with Crippen molar-refractivity contribution in [3.63, 3.8) is 0 Å². The summed E-state index contributed by atoms with van der Waals surface area (Å²) in [4.78, 5) is 11.6. The highest BCUT2D eigenvalue weighted by atomic mass is 16.1. The van der Waals surface area contributed by atoms with Crippen molar-refractivity contribution in [1.29, 1.82) is 0 Å². The third-order valence-corrected chi connectivity index (χ3v) is 2.99. The molecule has 0 spiro atoms. The molecule has 2 rings (SSSR count). The molecule has 1 heterocycles. The molecule has 0 saturated heterocycles. The summed E-state index contributed by atoms with van der Waals surface area (Å²) in [6.45, 7) is 0.908. The van der Waals surface area contributed by atoms with Gasteiger partial charge in [-0.2, -0.15) is 5.10 Å². The smallest absolute Gasteiger partial charge is 0.267 e. The minimum atomic E-state index is 0.0120. The van der Waals surface area contributed by atoms with Crippen LogP contribution in [-0.4, -0.2) is 23.8 Å². The molecule has 0 fully saturated rings. The van der Waals surface area contributed by atoms with E-state index in [0.29, 0.717) is 0 Å². The van der Waals surface area contributed by atoms with E-state index in [1.54, 1.807) is 0 Å². The minimum absolute atomic E-state index is 0.0120. The molecule has 0 aromatic carbocycles. The first-order valence-corrected chi connectivity index (χ1v) is 5.57. The zero-order valence-corrected chi connectivity index (χ0v) is 9.10. The Kier molecular flexibility index (Phi) is 3.16. The second-order valence-corrected chi connectivity index (χ2v) is 4.02. The summed E-state index contributed by atoms with van der Waals surface area (Å²) < 4.78 is 0. The maximum absolute atomic E-state index is 11.6. The maximum Gasteiger partial charge on any atom is 0.267 e. The quantitative estimate of drug-likeness (QED) is 0.754. The summed E-state index contributed by atoms with van der Waals surface area (Å²) in [5.41, 5.74) is 3.26. The van der Waals surface area contributed by atoms with Gasteiger partial charge in [0.15, 0.2) is 0 Å². The molecule has 0 saturated carbocycles. The van der Waals surface area contributed by atoms with Gasteiger partial charge in [0, 0.05) is 18.5 Å². The van der Waals surface area contributed by atoms with E-state index in [-0.39, 0.29) is 5.56 Å². The Bertz CT molecular complexity index is 397. The molecule has 0 aliphatic heterocycles. The molecule has 82 valence electrons. The van der Waals surface area contributed by atoms with Crippen molar-refractivity contribution in [2.75, 3.05) is 13.6 Å². The lowest BCUT2D eigenvalue weighted by molar-refractivity contribution is 0.644. The summed E-state index contributed by atoms with van der Waals surface area (Å²) >= 11 is 0. The molecule has 1 aliphatic rings. The van der Waals surface area contributed by atoms with Crippen LogP contribution in [0.1, 0.15) is 29.7 Å². The molecular weight excluding hydrogens is 190 g/mol. The van der Waals surface area contributed by atoms with Crippen molar-refractivity contribution in [3.8, 4) is 0 Å². The predicted octanol–water partition coefficient (Wildman–Crippen LogP) is 0.411. The van der Waals surface area contributed by atoms with Gasteiger partial charge in [-0.25, -0.2) is 5.10 Å². The highest BCUT2D eigenvalue weighted by Crippen LogP contribution is 2.19. The molecule has 0 atom stereocenters. The minimum Gasteiger partial charge on any atom is -0.319 e. The Labute approximate surface area is 89.1 Å². The summed E-state index contributed by atoms with van der Waals surface area (Å²) in [5, 5.41) is 9.86. The fraction of sp³-hybridized carbons (Fsp3) is 0.636. The number of aromatic amines is 1. The fourth-order valence-electron chi connectivity index (χ4n) is 2.18. The van der Waals surface area contributed by atoms with Crippen LogP contribution in [0.4, 0.5) is 0 Å². The predicted molar refractivity (Wildman–Crippen MR) is 59.1 cm³/mol. The third kappa shape index (κ3) is 2.09. The number of nitrogens with zero attached hydrogens (tertiary/aromatic N) is 1. The maximum atomic E-state index is 11.6. The number of rotatable bonds is 3. The molecule has 1 aliphatic carbocycles. The monoisotopic (exact) mass is 207 g/mol. The molecule has 0 unspecified atom stereocenters. The Morgan fingerprint density at radius 2 is 2.07 bits per heavy atom. The third-order valence-electron chi connectivity index (χ3n) is 2.99. The van der Waals surface area contributed by atoms with E-state index in [0.717, 1.165) is 43.5 Å². The standard InChI is InChI=1S/C11H17N3O/c1-12-7-6-10-8-4-2-3-5-9(8)11(15)14-13-10/h12H,2-7H2,1H3,(H,14,15). The van der Waals surface area contributed by atoms with Gasteiger partial charge in [0.1, 0.15) is 0 Å². The molecule has 1 aromatic rings. The lowest BCUT2D eigenvalue weighted by Gasteiger charge is -2.17. The van der Waals surface area contributed by atoms with Crippen molar-refractivity contribution in [2.45, 2.75) is 32.1 Å². The van der Waals surface area contributed by atoms with Crippen molar-refractivity contribution >= 4 is 0 Å². The molecule has 1 aromatic heterocycles. The van der Waals surface area contributed by atoms with Crippen LogP contribution in [0.2, 0.25) is 0 Å². The normalized spacial score (nSPS) is 15.0. The summed E-state index contributed by atoms with van der Waals surface area (Å²) in [7, 11) is 1.93. The molecular formula is C11H17N3O. The van der Waals surface area contributed by atoms with Crippen molar-refractivity contribution in [2.24, 2.45) is 0 Å². The van der Waals surface area contributed by atoms with Gasteiger partial charge in [-0.3, -0.25) is 4.79 Å². The number of aromatic nitrogens is 2. The van der Waals surface area contributed by atoms with E-state index >= 15 is 0 Å². The summed E-state index contributed by atoms with van der Waals surface area (Å²) in [6.07, 6.45) is 5.15. The Balaban J connectivity index is 2.35. The lowest BCUT2D eigenvalue weighted by Crippen LogP contribution is -2.24. The van der Waals surface area contributed by atoms with Crippen LogP contribution in [0.5, 0.6) is 0 Å². The second-order valence-electron chi connectivity index (χ2n) is 4.02. The van der Waals surface area contributed by atoms with E-state index in [1.165, 1.54) is 12.0 Å². The van der Waals surface area contributed by atoms with Crippen LogP contribution in [0, 0.1) is 0 Å². The zero-order chi connectivity index (χ0) is 10.7. The van der Waals surface area contributed by atoms with Crippen LogP contribution < -0.4 is 10.9 Å². The van der Waals surface area contributed by atoms with Gasteiger partial charge >= 0.3 is 0 Å². The average molecular weight is 207 g/mol. The Hall–Kier alpha value is -1.16. The highest BCUT2D eigenvalue weighted by molar-refractivity contribution is 5.30. The molecule has 15 heavy (non-hydrogen) atoms. The molecule has 4 heteroatoms. The van der Waals surface area contributed by atoms with Gasteiger partial charge in [0.25, 0.3) is 5.56 Å². The Morgan fingerprint density at radius 3 is 2.80 bits per heavy atom. The van der Waals surface area contributed by atoms with Crippen LogP contribution in [0.3, 0.4) is 0 Å². The van der Waals surface area contributed by atoms with Gasteiger partial charge in [-0.05, 0) is 38.3 Å². The second kappa shape index (κ2) is 4.57. The van der Waals surface area contributed by atoms with Gasteiger partial charge in [-0.1, -0.05) is 0 Å². The van der Waals surface area contributed by atoms with E-state index in [1.807, 2.05) is 7.05 Å². The van der Waals surface area contributed by atoms with Crippen LogP contribution in [0.15, 0.2) is 4.79 Å². The van der Waals surface area contributed by atoms with Gasteiger partial charge in [-0.15, -0.1) is 0 Å². The SMILES string of the molecule is CNCCc1n[nH]c(=O)c2c1CCCC2. The van der Waals surface area contributed by atoms with E-state index in [9.17, 15) is 4.79 Å². The van der Waals surface area contributed by atoms with Gasteiger partial charge < -0.3 is 5.32 Å². The Morgan fingerprint density at radius 1 is 1.33 bits per heavy atom. The number of likely N-dealkylation sites (N-methyl/N-ethyl adjacent to an activating group) is 1. The van der Waals surface area contributed by atoms with Gasteiger partial charge in [0.05, 0.1) is 5.69 Å². The largest absolute Gasteiger partial charge is 0.319 e. The number of nitrogens with one attached hydrogen (secondary N) is 2. The van der Waals surface area contributed by atoms with E-state index < -0.39 is 0 Å². The first kappa shape index (κ1) is 10.4. The molecule has 2 N–H and O–H groups in total. The van der Waals surface area contributed by atoms with Crippen molar-refractivity contribution in [1.82, 2.24) is 15.5 Å². The van der Waals surface area contributed by atoms with E-state index in [4.69, 9.17) is 0 Å². The number of H-pyrrole nitrogens is 1. The first-order chi connectivity index (χ1) is 7.33. The first-order valence-electron chi connectivity index (χ1n) is 5.57. The zero-order valence-electron chi connectivity index (χ0n) is 9.10. The number of hydrogen-bond donors (Lipinski definition) is 2. The number of hydrogen-bond acceptors (Lipinski definition) is 3. The highest BCUT2D eigenvalue weighted by Gasteiger charge is 2.16. The molecule has 4 nitrogen and oxygen atoms in total. The molecule has 0 bridgehead atoms. The average Bonchev–Trinajstić information content (AvgIpc) is 2.29. The van der Waals surface area contributed by atoms with Gasteiger partial charge in [0.2, 0.25) is 0 Å². The number of fused-ring (bicyclic) bond motifs is 1. The fourth-order valence-corrected chi connectivity index (χ4v) is 2.18. The van der Waals surface area contributed by atoms with E-state index in [2.05, 4.69) is 15.5 Å². The molecule has 0 radical (unpaired) electrons. The lowest BCUT2D eigenvalue weighted by atomic mass is 9.91. The topological polar surface area (TPSA) is 57.8 Å². The summed E-state index contributed by atoms with van der Waals surface area (Å²) in [6, 6.07) is 0. The van der Waals surface area contributed by atoms with Crippen molar-refractivity contribution < 1.29 is 0 Å². The molecule has 0 amide bonds. The van der Waals surface area contributed by atoms with Crippen LogP contribution in [0.25, 0.3) is 0 Å². The summed E-state index contributed by atoms with van der Waals surface area (Å²) in [5.74, 6) is 0. The van der Waals surface area contributed by atoms with Crippen molar-refractivity contribution in [3.05, 3.63) is 27.2 Å². The van der Waals surface area contributed by atoms with Crippen LogP contribution in [-0.2, 0) is 19.3 Å².